The Balaban J connectivity index is 2.02. The second kappa shape index (κ2) is 5.88. The summed E-state index contributed by atoms with van der Waals surface area (Å²) in [5.41, 5.74) is 6.98. The Morgan fingerprint density at radius 1 is 1.56 bits per heavy atom. The lowest BCUT2D eigenvalue weighted by molar-refractivity contribution is 0.0922. The molecule has 1 aromatic rings. The van der Waals surface area contributed by atoms with Crippen LogP contribution in [0.25, 0.3) is 0 Å². The van der Waals surface area contributed by atoms with Crippen LogP contribution < -0.4 is 11.1 Å². The van der Waals surface area contributed by atoms with E-state index in [2.05, 4.69) is 27.9 Å². The molecular formula is C13H17IN2O2. The van der Waals surface area contributed by atoms with Crippen molar-refractivity contribution in [1.29, 1.82) is 0 Å². The number of amides is 1. The molecule has 2 atom stereocenters. The van der Waals surface area contributed by atoms with Crippen LogP contribution in [0.4, 0.5) is 5.69 Å². The number of nitrogens with two attached hydrogens (primary N) is 1. The zero-order valence-electron chi connectivity index (χ0n) is 10.3. The van der Waals surface area contributed by atoms with Crippen molar-refractivity contribution in [2.24, 2.45) is 5.92 Å². The molecule has 18 heavy (non-hydrogen) atoms. The van der Waals surface area contributed by atoms with Crippen LogP contribution in [0, 0.1) is 9.49 Å². The van der Waals surface area contributed by atoms with Gasteiger partial charge in [-0.2, -0.15) is 0 Å². The van der Waals surface area contributed by atoms with Gasteiger partial charge in [0, 0.05) is 33.4 Å². The monoisotopic (exact) mass is 360 g/mol. The van der Waals surface area contributed by atoms with Crippen LogP contribution in [0.2, 0.25) is 0 Å². The summed E-state index contributed by atoms with van der Waals surface area (Å²) in [6, 6.07) is 5.50. The van der Waals surface area contributed by atoms with Crippen molar-refractivity contribution >= 4 is 34.2 Å². The molecule has 4 nitrogen and oxygen atoms in total. The molecule has 1 saturated heterocycles. The third-order valence-corrected chi connectivity index (χ3v) is 3.84. The number of hydrogen-bond acceptors (Lipinski definition) is 3. The Kier molecular flexibility index (Phi) is 4.45. The van der Waals surface area contributed by atoms with Crippen molar-refractivity contribution in [3.63, 3.8) is 0 Å². The first-order valence-electron chi connectivity index (χ1n) is 6.01. The fourth-order valence-corrected chi connectivity index (χ4v) is 2.79. The molecule has 0 radical (unpaired) electrons. The number of halogens is 1. The first-order chi connectivity index (χ1) is 8.56. The molecule has 3 N–H and O–H groups in total. The van der Waals surface area contributed by atoms with Crippen molar-refractivity contribution in [1.82, 2.24) is 5.32 Å². The van der Waals surface area contributed by atoms with Crippen LogP contribution >= 0.6 is 22.6 Å². The Morgan fingerprint density at radius 2 is 2.33 bits per heavy atom. The molecule has 1 aliphatic rings. The summed E-state index contributed by atoms with van der Waals surface area (Å²) in [5, 5.41) is 3.01. The molecule has 1 aromatic carbocycles. The molecular weight excluding hydrogens is 343 g/mol. The second-order valence-electron chi connectivity index (χ2n) is 4.66. The van der Waals surface area contributed by atoms with Crippen LogP contribution in [0.5, 0.6) is 0 Å². The average molecular weight is 360 g/mol. The van der Waals surface area contributed by atoms with Crippen molar-refractivity contribution in [2.75, 3.05) is 18.9 Å². The highest BCUT2D eigenvalue weighted by Crippen LogP contribution is 2.18. The number of rotatable bonds is 3. The van der Waals surface area contributed by atoms with Gasteiger partial charge in [0.1, 0.15) is 0 Å². The van der Waals surface area contributed by atoms with E-state index in [0.717, 1.165) is 23.2 Å². The van der Waals surface area contributed by atoms with Crippen LogP contribution in [-0.4, -0.2) is 25.2 Å². The summed E-state index contributed by atoms with van der Waals surface area (Å²) >= 11 is 2.16. The summed E-state index contributed by atoms with van der Waals surface area (Å²) in [6.07, 6.45) is 1.01. The van der Waals surface area contributed by atoms with Gasteiger partial charge in [-0.1, -0.05) is 0 Å². The molecule has 5 heteroatoms. The largest absolute Gasteiger partial charge is 0.399 e. The Morgan fingerprint density at radius 3 is 2.94 bits per heavy atom. The fourth-order valence-electron chi connectivity index (χ4n) is 2.10. The highest BCUT2D eigenvalue weighted by atomic mass is 127. The fraction of sp³-hybridized carbons (Fsp3) is 0.462. The van der Waals surface area contributed by atoms with E-state index in [1.165, 1.54) is 0 Å². The molecule has 1 aliphatic heterocycles. The van der Waals surface area contributed by atoms with E-state index in [0.29, 0.717) is 17.2 Å². The van der Waals surface area contributed by atoms with Gasteiger partial charge in [-0.3, -0.25) is 4.79 Å². The summed E-state index contributed by atoms with van der Waals surface area (Å²) in [6.45, 7) is 3.55. The smallest absolute Gasteiger partial charge is 0.251 e. The van der Waals surface area contributed by atoms with Gasteiger partial charge in [0.25, 0.3) is 5.91 Å². The lowest BCUT2D eigenvalue weighted by Crippen LogP contribution is -2.38. The molecule has 0 saturated carbocycles. The van der Waals surface area contributed by atoms with Gasteiger partial charge in [-0.15, -0.1) is 0 Å². The summed E-state index contributed by atoms with van der Waals surface area (Å²) < 4.78 is 6.30. The van der Waals surface area contributed by atoms with Gasteiger partial charge < -0.3 is 15.8 Å². The second-order valence-corrected chi connectivity index (χ2v) is 5.90. The predicted molar refractivity (Wildman–Crippen MR) is 79.4 cm³/mol. The highest BCUT2D eigenvalue weighted by molar-refractivity contribution is 14.1. The van der Waals surface area contributed by atoms with Crippen molar-refractivity contribution in [3.8, 4) is 0 Å². The minimum atomic E-state index is -0.0698. The molecule has 1 fully saturated rings. The van der Waals surface area contributed by atoms with Crippen molar-refractivity contribution in [2.45, 2.75) is 19.4 Å². The quantitative estimate of drug-likeness (QED) is 0.641. The first-order valence-corrected chi connectivity index (χ1v) is 7.09. The third-order valence-electron chi connectivity index (χ3n) is 3.21. The number of anilines is 1. The van der Waals surface area contributed by atoms with Crippen LogP contribution in [0.1, 0.15) is 23.7 Å². The number of carbonyl (C=O) groups excluding carboxylic acids is 1. The van der Waals surface area contributed by atoms with E-state index in [1.54, 1.807) is 6.07 Å². The molecule has 98 valence electrons. The molecule has 0 spiro atoms. The van der Waals surface area contributed by atoms with E-state index in [4.69, 9.17) is 10.5 Å². The van der Waals surface area contributed by atoms with Gasteiger partial charge in [0.05, 0.1) is 6.61 Å². The van der Waals surface area contributed by atoms with E-state index < -0.39 is 0 Å². The zero-order chi connectivity index (χ0) is 13.1. The SMILES string of the molecule is CC(NC(=O)c1cc(N)cc(I)c1)C1CCOC1. The zero-order valence-corrected chi connectivity index (χ0v) is 12.4. The van der Waals surface area contributed by atoms with E-state index >= 15 is 0 Å². The number of nitrogen functional groups attached to an aromatic ring is 1. The standard InChI is InChI=1S/C13H17IN2O2/c1-8(9-2-3-18-7-9)16-13(17)10-4-11(14)6-12(15)5-10/h4-6,8-9H,2-3,7,15H2,1H3,(H,16,17). The maximum Gasteiger partial charge on any atom is 0.251 e. The summed E-state index contributed by atoms with van der Waals surface area (Å²) in [7, 11) is 0. The highest BCUT2D eigenvalue weighted by Gasteiger charge is 2.23. The van der Waals surface area contributed by atoms with Gasteiger partial charge in [-0.05, 0) is 54.1 Å². The lowest BCUT2D eigenvalue weighted by atomic mass is 10.0. The summed E-state index contributed by atoms with van der Waals surface area (Å²) in [5.74, 6) is 0.341. The van der Waals surface area contributed by atoms with Crippen LogP contribution in [0.3, 0.4) is 0 Å². The van der Waals surface area contributed by atoms with Crippen molar-refractivity contribution < 1.29 is 9.53 Å². The van der Waals surface area contributed by atoms with E-state index in [1.807, 2.05) is 19.1 Å². The summed E-state index contributed by atoms with van der Waals surface area (Å²) in [4.78, 5) is 12.1. The van der Waals surface area contributed by atoms with E-state index in [-0.39, 0.29) is 11.9 Å². The average Bonchev–Trinajstić information content (AvgIpc) is 2.80. The molecule has 1 heterocycles. The molecule has 0 aliphatic carbocycles. The van der Waals surface area contributed by atoms with Gasteiger partial charge >= 0.3 is 0 Å². The Labute approximate surface area is 120 Å². The van der Waals surface area contributed by atoms with Gasteiger partial charge in [-0.25, -0.2) is 0 Å². The predicted octanol–water partition coefficient (Wildman–Crippen LogP) is 2.03. The van der Waals surface area contributed by atoms with Crippen LogP contribution in [-0.2, 0) is 4.74 Å². The minimum absolute atomic E-state index is 0.0698. The molecule has 2 rings (SSSR count). The molecule has 2 unspecified atom stereocenters. The molecule has 0 aromatic heterocycles. The Bertz CT molecular complexity index is 424. The third kappa shape index (κ3) is 3.35. The minimum Gasteiger partial charge on any atom is -0.399 e. The maximum atomic E-state index is 12.1. The van der Waals surface area contributed by atoms with Crippen LogP contribution in [0.15, 0.2) is 18.2 Å². The topological polar surface area (TPSA) is 64.4 Å². The Hall–Kier alpha value is -0.820. The molecule has 0 bridgehead atoms. The van der Waals surface area contributed by atoms with Crippen molar-refractivity contribution in [3.05, 3.63) is 27.3 Å². The van der Waals surface area contributed by atoms with Gasteiger partial charge in [0.15, 0.2) is 0 Å². The van der Waals surface area contributed by atoms with E-state index in [9.17, 15) is 4.79 Å². The lowest BCUT2D eigenvalue weighted by Gasteiger charge is -2.19. The number of benzene rings is 1. The van der Waals surface area contributed by atoms with Gasteiger partial charge in [0.2, 0.25) is 0 Å². The number of hydrogen-bond donors (Lipinski definition) is 2. The normalized spacial score (nSPS) is 20.7. The number of carbonyl (C=O) groups is 1. The number of ether oxygens (including phenoxy) is 1. The first kappa shape index (κ1) is 13.6. The number of nitrogens with one attached hydrogen (secondary N) is 1. The maximum absolute atomic E-state index is 12.1. The molecule has 1 amide bonds.